The number of likely N-dealkylation sites (tertiary alicyclic amines) is 1. The highest BCUT2D eigenvalue weighted by Gasteiger charge is 2.48. The number of amides is 1. The number of phenolic OH excluding ortho intramolecular Hbond substituents is 2. The Morgan fingerprint density at radius 1 is 0.805 bits per heavy atom. The maximum Gasteiger partial charge on any atom is 0.318 e. The molecule has 0 saturated carbocycles. The van der Waals surface area contributed by atoms with Crippen molar-refractivity contribution in [3.05, 3.63) is 57.6 Å². The molecule has 1 fully saturated rings. The van der Waals surface area contributed by atoms with E-state index in [2.05, 4.69) is 0 Å². The Morgan fingerprint density at radius 3 is 1.49 bits per heavy atom. The van der Waals surface area contributed by atoms with Gasteiger partial charge in [-0.3, -0.25) is 9.59 Å². The fourth-order valence-corrected chi connectivity index (χ4v) is 7.02. The Labute approximate surface area is 247 Å². The first kappa shape index (κ1) is 32.5. The fraction of sp³-hybridized carbons (Fsp3) is 0.600. The summed E-state index contributed by atoms with van der Waals surface area (Å²) in [6.45, 7) is 25.7. The maximum atomic E-state index is 14.4. The molecule has 0 bridgehead atoms. The van der Waals surface area contributed by atoms with Crippen molar-refractivity contribution < 1.29 is 24.5 Å². The van der Waals surface area contributed by atoms with Gasteiger partial charge in [-0.2, -0.15) is 0 Å². The maximum absolute atomic E-state index is 14.4. The quantitative estimate of drug-likeness (QED) is 0.374. The predicted octanol–water partition coefficient (Wildman–Crippen LogP) is 7.55. The summed E-state index contributed by atoms with van der Waals surface area (Å²) in [5, 5.41) is 21.7. The molecule has 0 aromatic heterocycles. The highest BCUT2D eigenvalue weighted by atomic mass is 16.5. The lowest BCUT2D eigenvalue weighted by molar-refractivity contribution is -0.167. The number of nitrogens with zero attached hydrogens (tertiary/aromatic N) is 1. The van der Waals surface area contributed by atoms with Gasteiger partial charge in [-0.1, -0.05) is 53.7 Å². The molecule has 0 unspecified atom stereocenters. The van der Waals surface area contributed by atoms with Gasteiger partial charge in [0.1, 0.15) is 23.5 Å². The zero-order chi connectivity index (χ0) is 31.5. The van der Waals surface area contributed by atoms with Crippen molar-refractivity contribution in [1.82, 2.24) is 4.90 Å². The number of piperidine rings is 1. The molecular formula is C35H51NO5. The Bertz CT molecular complexity index is 1250. The first-order chi connectivity index (χ1) is 18.5. The number of esters is 1. The summed E-state index contributed by atoms with van der Waals surface area (Å²) in [5.74, 6) is -0.741. The SMILES string of the molecule is CC(=O)N1C(C)(C)CC(OC(=O)C(c2cc(C(C)(C)C)c(O)cc2C)c2cc(C(C)(C)C)c(O)cc2C)CC1(C)C. The van der Waals surface area contributed by atoms with E-state index in [0.717, 1.165) is 33.4 Å². The van der Waals surface area contributed by atoms with Gasteiger partial charge in [0.2, 0.25) is 5.91 Å². The smallest absolute Gasteiger partial charge is 0.318 e. The molecule has 1 aliphatic heterocycles. The van der Waals surface area contributed by atoms with Crippen LogP contribution in [0, 0.1) is 13.8 Å². The minimum Gasteiger partial charge on any atom is -0.508 e. The van der Waals surface area contributed by atoms with Gasteiger partial charge in [0, 0.05) is 30.8 Å². The van der Waals surface area contributed by atoms with Crippen LogP contribution in [0.3, 0.4) is 0 Å². The van der Waals surface area contributed by atoms with E-state index in [1.54, 1.807) is 19.1 Å². The number of phenols is 2. The van der Waals surface area contributed by atoms with Gasteiger partial charge < -0.3 is 19.8 Å². The van der Waals surface area contributed by atoms with E-state index in [9.17, 15) is 19.8 Å². The molecule has 1 amide bonds. The number of aromatic hydroxyl groups is 2. The highest BCUT2D eigenvalue weighted by molar-refractivity contribution is 5.84. The minimum atomic E-state index is -0.768. The van der Waals surface area contributed by atoms with E-state index < -0.39 is 17.0 Å². The molecule has 41 heavy (non-hydrogen) atoms. The molecule has 0 radical (unpaired) electrons. The second-order valence-corrected chi connectivity index (χ2v) is 15.3. The summed E-state index contributed by atoms with van der Waals surface area (Å²) >= 11 is 0. The van der Waals surface area contributed by atoms with E-state index in [0.29, 0.717) is 12.8 Å². The average Bonchev–Trinajstić information content (AvgIpc) is 2.72. The number of hydrogen-bond acceptors (Lipinski definition) is 5. The van der Waals surface area contributed by atoms with Gasteiger partial charge >= 0.3 is 5.97 Å². The van der Waals surface area contributed by atoms with Crippen LogP contribution < -0.4 is 0 Å². The van der Waals surface area contributed by atoms with Crippen molar-refractivity contribution in [1.29, 1.82) is 0 Å². The third-order valence-electron chi connectivity index (χ3n) is 8.51. The molecule has 226 valence electrons. The second kappa shape index (κ2) is 10.7. The Hall–Kier alpha value is -3.02. The molecule has 6 heteroatoms. The largest absolute Gasteiger partial charge is 0.508 e. The Morgan fingerprint density at radius 2 is 1.17 bits per heavy atom. The number of aryl methyl sites for hydroxylation is 2. The topological polar surface area (TPSA) is 87.1 Å². The van der Waals surface area contributed by atoms with Crippen LogP contribution in [0.2, 0.25) is 0 Å². The third kappa shape index (κ3) is 6.57. The Kier molecular flexibility index (Phi) is 8.46. The van der Waals surface area contributed by atoms with Crippen molar-refractivity contribution >= 4 is 11.9 Å². The summed E-state index contributed by atoms with van der Waals surface area (Å²) in [6.07, 6.45) is 0.667. The second-order valence-electron chi connectivity index (χ2n) is 15.3. The molecule has 2 aromatic carbocycles. The zero-order valence-corrected chi connectivity index (χ0v) is 27.4. The summed E-state index contributed by atoms with van der Waals surface area (Å²) in [5.41, 5.74) is 2.93. The molecule has 1 saturated heterocycles. The summed E-state index contributed by atoms with van der Waals surface area (Å²) < 4.78 is 6.38. The summed E-state index contributed by atoms with van der Waals surface area (Å²) in [4.78, 5) is 28.9. The van der Waals surface area contributed by atoms with E-state index in [1.807, 2.05) is 100 Å². The number of carbonyl (C=O) groups is 2. The lowest BCUT2D eigenvalue weighted by atomic mass is 9.77. The molecule has 0 spiro atoms. The van der Waals surface area contributed by atoms with Crippen molar-refractivity contribution in [2.45, 2.75) is 137 Å². The molecule has 6 nitrogen and oxygen atoms in total. The van der Waals surface area contributed by atoms with Gasteiger partial charge in [-0.25, -0.2) is 0 Å². The van der Waals surface area contributed by atoms with Gasteiger partial charge in [-0.15, -0.1) is 0 Å². The van der Waals surface area contributed by atoms with Crippen LogP contribution in [0.25, 0.3) is 0 Å². The van der Waals surface area contributed by atoms with E-state index in [-0.39, 0.29) is 40.3 Å². The molecular weight excluding hydrogens is 514 g/mol. The van der Waals surface area contributed by atoms with Crippen LogP contribution in [-0.2, 0) is 25.2 Å². The first-order valence-corrected chi connectivity index (χ1v) is 14.7. The van der Waals surface area contributed by atoms with Crippen molar-refractivity contribution in [3.8, 4) is 11.5 Å². The number of ether oxygens (including phenoxy) is 1. The molecule has 0 atom stereocenters. The molecule has 0 aliphatic carbocycles. The highest BCUT2D eigenvalue weighted by Crippen LogP contribution is 2.44. The van der Waals surface area contributed by atoms with Gasteiger partial charge in [0.15, 0.2) is 0 Å². The van der Waals surface area contributed by atoms with Crippen molar-refractivity contribution in [2.75, 3.05) is 0 Å². The molecule has 3 rings (SSSR count). The number of benzene rings is 2. The Balaban J connectivity index is 2.21. The van der Waals surface area contributed by atoms with Gasteiger partial charge in [0.25, 0.3) is 0 Å². The minimum absolute atomic E-state index is 0.00603. The van der Waals surface area contributed by atoms with E-state index in [1.165, 1.54) is 0 Å². The van der Waals surface area contributed by atoms with Crippen LogP contribution in [0.5, 0.6) is 11.5 Å². The van der Waals surface area contributed by atoms with Crippen LogP contribution in [0.1, 0.15) is 128 Å². The summed E-state index contributed by atoms with van der Waals surface area (Å²) in [7, 11) is 0. The van der Waals surface area contributed by atoms with Gasteiger partial charge in [-0.05, 0) is 97.9 Å². The van der Waals surface area contributed by atoms with Crippen LogP contribution >= 0.6 is 0 Å². The summed E-state index contributed by atoms with van der Waals surface area (Å²) in [6, 6.07) is 7.33. The zero-order valence-electron chi connectivity index (χ0n) is 27.4. The molecule has 1 heterocycles. The van der Waals surface area contributed by atoms with Crippen molar-refractivity contribution in [3.63, 3.8) is 0 Å². The van der Waals surface area contributed by atoms with E-state index in [4.69, 9.17) is 4.74 Å². The van der Waals surface area contributed by atoms with Crippen molar-refractivity contribution in [2.24, 2.45) is 0 Å². The number of carbonyl (C=O) groups excluding carboxylic acids is 2. The molecule has 2 aromatic rings. The lowest BCUT2D eigenvalue weighted by Crippen LogP contribution is -2.63. The standard InChI is InChI=1S/C35H51NO5/c1-20-14-28(38)26(32(4,5)6)16-24(20)30(25-17-27(33(7,8)9)29(39)15-21(25)2)31(40)41-23-18-34(10,11)36(22(3)37)35(12,13)19-23/h14-17,23,30,38-39H,18-19H2,1-13H3. The van der Waals surface area contributed by atoms with Crippen LogP contribution in [0.15, 0.2) is 24.3 Å². The lowest BCUT2D eigenvalue weighted by Gasteiger charge is -2.54. The van der Waals surface area contributed by atoms with Crippen LogP contribution in [-0.4, -0.2) is 44.2 Å². The third-order valence-corrected chi connectivity index (χ3v) is 8.51. The van der Waals surface area contributed by atoms with E-state index >= 15 is 0 Å². The fourth-order valence-electron chi connectivity index (χ4n) is 7.02. The average molecular weight is 566 g/mol. The predicted molar refractivity (Wildman–Crippen MR) is 165 cm³/mol. The normalized spacial score (nSPS) is 17.6. The van der Waals surface area contributed by atoms with Crippen LogP contribution in [0.4, 0.5) is 0 Å². The first-order valence-electron chi connectivity index (χ1n) is 14.7. The monoisotopic (exact) mass is 565 g/mol. The molecule has 1 aliphatic rings. The molecule has 2 N–H and O–H groups in total. The number of rotatable bonds is 4. The number of hydrogen-bond donors (Lipinski definition) is 2. The van der Waals surface area contributed by atoms with Gasteiger partial charge in [0.05, 0.1) is 0 Å².